The number of H-pyrrole nitrogens is 1. The molecule has 130 valence electrons. The highest BCUT2D eigenvalue weighted by atomic mass is 32.2. The lowest BCUT2D eigenvalue weighted by atomic mass is 10.1. The Balaban J connectivity index is 1.83. The molecule has 0 fully saturated rings. The van der Waals surface area contributed by atoms with E-state index in [1.165, 1.54) is 18.1 Å². The minimum Gasteiger partial charge on any atom is -0.461 e. The average Bonchev–Trinajstić information content (AvgIpc) is 3.08. The zero-order valence-corrected chi connectivity index (χ0v) is 14.4. The molecule has 0 spiro atoms. The number of carbonyl (C=O) groups excluding carboxylic acids is 1. The second-order valence-corrected chi connectivity index (χ2v) is 6.76. The number of carbonyl (C=O) groups is 1. The lowest BCUT2D eigenvalue weighted by molar-refractivity contribution is -0.0339. The smallest absolute Gasteiger partial charge is 0.354 e. The maximum Gasteiger partial charge on any atom is 0.354 e. The lowest BCUT2D eigenvalue weighted by Crippen LogP contribution is -2.36. The molecule has 9 heteroatoms. The molecule has 0 saturated heterocycles. The Morgan fingerprint density at radius 1 is 1.54 bits per heavy atom. The number of aromatic nitrogens is 3. The van der Waals surface area contributed by atoms with E-state index in [-0.39, 0.29) is 12.3 Å². The number of ether oxygens (including phenoxy) is 1. The lowest BCUT2D eigenvalue weighted by Gasteiger charge is -2.30. The van der Waals surface area contributed by atoms with E-state index >= 15 is 0 Å². The minimum atomic E-state index is -2.98. The van der Waals surface area contributed by atoms with Gasteiger partial charge in [-0.15, -0.1) is 0 Å². The quantitative estimate of drug-likeness (QED) is 0.674. The van der Waals surface area contributed by atoms with Crippen LogP contribution in [0.2, 0.25) is 0 Å². The second kappa shape index (κ2) is 6.21. The number of esters is 1. The molecule has 0 radical (unpaired) electrons. The van der Waals surface area contributed by atoms with Crippen LogP contribution in [0.25, 0.3) is 0 Å². The van der Waals surface area contributed by atoms with Gasteiger partial charge in [-0.2, -0.15) is 13.9 Å². The Kier molecular flexibility index (Phi) is 4.39. The van der Waals surface area contributed by atoms with Gasteiger partial charge in [-0.3, -0.25) is 5.10 Å². The molecular formula is C15H18F2N4O2S. The van der Waals surface area contributed by atoms with Gasteiger partial charge in [0.25, 0.3) is 0 Å². The number of rotatable bonds is 4. The highest BCUT2D eigenvalue weighted by Gasteiger charge is 2.42. The van der Waals surface area contributed by atoms with E-state index in [1.807, 2.05) is 6.92 Å². The van der Waals surface area contributed by atoms with Crippen molar-refractivity contribution in [3.05, 3.63) is 34.9 Å². The van der Waals surface area contributed by atoms with Gasteiger partial charge < -0.3 is 9.30 Å². The SMILES string of the molecule is CCOC(=O)c1cc(SN2Cc3cn[nH]c3C(F)(F)C2)c(C)n1C. The van der Waals surface area contributed by atoms with Gasteiger partial charge >= 0.3 is 11.9 Å². The third-order valence-electron chi connectivity index (χ3n) is 4.01. The first-order valence-electron chi connectivity index (χ1n) is 7.50. The van der Waals surface area contributed by atoms with Crippen molar-refractivity contribution in [2.45, 2.75) is 31.2 Å². The first kappa shape index (κ1) is 17.0. The normalized spacial score (nSPS) is 16.9. The topological polar surface area (TPSA) is 63.1 Å². The van der Waals surface area contributed by atoms with Crippen molar-refractivity contribution in [2.75, 3.05) is 13.2 Å². The van der Waals surface area contributed by atoms with Crippen LogP contribution < -0.4 is 0 Å². The molecule has 1 aliphatic heterocycles. The number of aromatic amines is 1. The highest BCUT2D eigenvalue weighted by molar-refractivity contribution is 7.97. The van der Waals surface area contributed by atoms with Crippen LogP contribution in [0.15, 0.2) is 17.2 Å². The van der Waals surface area contributed by atoms with Crippen molar-refractivity contribution in [1.82, 2.24) is 19.1 Å². The Labute approximate surface area is 142 Å². The fourth-order valence-electron chi connectivity index (χ4n) is 2.66. The summed E-state index contributed by atoms with van der Waals surface area (Å²) in [5, 5.41) is 6.10. The number of halogens is 2. The molecule has 0 aromatic carbocycles. The van der Waals surface area contributed by atoms with Crippen LogP contribution in [0.4, 0.5) is 8.78 Å². The molecule has 24 heavy (non-hydrogen) atoms. The molecule has 1 N–H and O–H groups in total. The standard InChI is InChI=1S/C15H18F2N4O2S/c1-4-23-14(22)11-5-12(9(2)20(11)3)24-21-7-10-6-18-19-13(10)15(16,17)8-21/h5-6H,4,7-8H2,1-3H3,(H,18,19). The number of alkyl halides is 2. The van der Waals surface area contributed by atoms with E-state index in [4.69, 9.17) is 4.74 Å². The van der Waals surface area contributed by atoms with E-state index < -0.39 is 18.4 Å². The van der Waals surface area contributed by atoms with Crippen molar-refractivity contribution in [2.24, 2.45) is 7.05 Å². The summed E-state index contributed by atoms with van der Waals surface area (Å²) in [7, 11) is 1.75. The molecule has 0 bridgehead atoms. The van der Waals surface area contributed by atoms with E-state index in [0.717, 1.165) is 10.6 Å². The predicted molar refractivity (Wildman–Crippen MR) is 84.9 cm³/mol. The molecule has 0 aliphatic carbocycles. The van der Waals surface area contributed by atoms with Crippen molar-refractivity contribution in [3.63, 3.8) is 0 Å². The summed E-state index contributed by atoms with van der Waals surface area (Å²) in [4.78, 5) is 12.7. The summed E-state index contributed by atoms with van der Waals surface area (Å²) in [5.74, 6) is -3.40. The van der Waals surface area contributed by atoms with Crippen LogP contribution in [0.3, 0.4) is 0 Å². The summed E-state index contributed by atoms with van der Waals surface area (Å²) in [5.41, 5.74) is 1.60. The van der Waals surface area contributed by atoms with Crippen LogP contribution in [-0.2, 0) is 24.3 Å². The first-order chi connectivity index (χ1) is 11.3. The molecular weight excluding hydrogens is 338 g/mol. The highest BCUT2D eigenvalue weighted by Crippen LogP contribution is 2.40. The minimum absolute atomic E-state index is 0.114. The van der Waals surface area contributed by atoms with Crippen LogP contribution in [0.5, 0.6) is 0 Å². The largest absolute Gasteiger partial charge is 0.461 e. The number of nitrogens with zero attached hydrogens (tertiary/aromatic N) is 3. The fourth-order valence-corrected chi connectivity index (χ4v) is 3.80. The summed E-state index contributed by atoms with van der Waals surface area (Å²) in [6.07, 6.45) is 1.43. The van der Waals surface area contributed by atoms with Gasteiger partial charge in [-0.1, -0.05) is 0 Å². The van der Waals surface area contributed by atoms with E-state index in [1.54, 1.807) is 28.9 Å². The maximum atomic E-state index is 14.2. The summed E-state index contributed by atoms with van der Waals surface area (Å²) in [6, 6.07) is 1.68. The van der Waals surface area contributed by atoms with Gasteiger partial charge in [0, 0.05) is 29.7 Å². The van der Waals surface area contributed by atoms with Crippen LogP contribution in [0, 0.1) is 6.92 Å². The maximum absolute atomic E-state index is 14.2. The van der Waals surface area contributed by atoms with E-state index in [9.17, 15) is 13.6 Å². The predicted octanol–water partition coefficient (Wildman–Crippen LogP) is 2.85. The zero-order chi connectivity index (χ0) is 17.5. The van der Waals surface area contributed by atoms with Gasteiger partial charge in [-0.05, 0) is 31.9 Å². The third kappa shape index (κ3) is 2.93. The average molecular weight is 356 g/mol. The number of hydrogen-bond acceptors (Lipinski definition) is 5. The summed E-state index contributed by atoms with van der Waals surface area (Å²) >= 11 is 1.21. The number of nitrogens with one attached hydrogen (secondary N) is 1. The number of fused-ring (bicyclic) bond motifs is 1. The van der Waals surface area contributed by atoms with Gasteiger partial charge in [0.1, 0.15) is 11.4 Å². The zero-order valence-electron chi connectivity index (χ0n) is 13.6. The molecule has 2 aromatic heterocycles. The monoisotopic (exact) mass is 356 g/mol. The van der Waals surface area contributed by atoms with Crippen molar-refractivity contribution in [3.8, 4) is 0 Å². The van der Waals surface area contributed by atoms with E-state index in [0.29, 0.717) is 17.8 Å². The first-order valence-corrected chi connectivity index (χ1v) is 8.27. The summed E-state index contributed by atoms with van der Waals surface area (Å²) < 4.78 is 36.7. The van der Waals surface area contributed by atoms with Crippen LogP contribution in [0.1, 0.15) is 34.4 Å². The third-order valence-corrected chi connectivity index (χ3v) is 5.13. The summed E-state index contributed by atoms with van der Waals surface area (Å²) in [6.45, 7) is 3.80. The van der Waals surface area contributed by atoms with E-state index in [2.05, 4.69) is 10.2 Å². The Morgan fingerprint density at radius 3 is 3.00 bits per heavy atom. The van der Waals surface area contributed by atoms with Crippen LogP contribution in [-0.4, -0.2) is 38.2 Å². The van der Waals surface area contributed by atoms with Crippen molar-refractivity contribution < 1.29 is 18.3 Å². The van der Waals surface area contributed by atoms with Gasteiger partial charge in [0.15, 0.2) is 0 Å². The van der Waals surface area contributed by atoms with Gasteiger partial charge in [-0.25, -0.2) is 9.10 Å². The molecule has 0 unspecified atom stereocenters. The Bertz CT molecular complexity index is 772. The molecule has 1 aliphatic rings. The van der Waals surface area contributed by atoms with Crippen molar-refractivity contribution in [1.29, 1.82) is 0 Å². The molecule has 3 rings (SSSR count). The van der Waals surface area contributed by atoms with Gasteiger partial charge in [0.05, 0.1) is 19.3 Å². The second-order valence-electron chi connectivity index (χ2n) is 5.62. The fraction of sp³-hybridized carbons (Fsp3) is 0.467. The van der Waals surface area contributed by atoms with Crippen LogP contribution >= 0.6 is 11.9 Å². The molecule has 6 nitrogen and oxygen atoms in total. The van der Waals surface area contributed by atoms with Crippen molar-refractivity contribution >= 4 is 17.9 Å². The molecule has 0 saturated carbocycles. The molecule has 0 amide bonds. The Hall–Kier alpha value is -1.87. The van der Waals surface area contributed by atoms with Gasteiger partial charge in [0.2, 0.25) is 0 Å². The Morgan fingerprint density at radius 2 is 2.29 bits per heavy atom. The molecule has 2 aromatic rings. The number of hydrogen-bond donors (Lipinski definition) is 1. The molecule has 3 heterocycles. The molecule has 0 atom stereocenters.